The summed E-state index contributed by atoms with van der Waals surface area (Å²) in [7, 11) is 0. The van der Waals surface area contributed by atoms with E-state index in [1.807, 2.05) is 0 Å². The maximum Gasteiger partial charge on any atom is -0.0351 e. The Morgan fingerprint density at radius 1 is 0.250 bits per heavy atom. The lowest BCUT2D eigenvalue weighted by atomic mass is 10.0. The molecule has 0 atom stereocenters. The third-order valence-electron chi connectivity index (χ3n) is 7.12. The van der Waals surface area contributed by atoms with Crippen molar-refractivity contribution in [2.24, 2.45) is 0 Å². The van der Waals surface area contributed by atoms with Crippen molar-refractivity contribution in [1.82, 2.24) is 0 Å². The molecule has 0 aliphatic heterocycles. The van der Waals surface area contributed by atoms with Gasteiger partial charge in [-0.2, -0.15) is 0 Å². The molecule has 0 rings (SSSR count). The second kappa shape index (κ2) is 30.7. The zero-order valence-corrected chi connectivity index (χ0v) is 23.0. The van der Waals surface area contributed by atoms with E-state index in [-0.39, 0.29) is 0 Å². The molecule has 0 heterocycles. The SMILES string of the molecule is CCCCCC=CCCCCCCCCCCCCCCCCCCCCCCCCC. The normalized spacial score (nSPS) is 11.7. The molecule has 0 aromatic rings. The molecular weight excluding hydrogens is 384 g/mol. The molecule has 0 radical (unpaired) electrons. The highest BCUT2D eigenvalue weighted by atomic mass is 14.0. The third-order valence-corrected chi connectivity index (χ3v) is 7.12. The first-order valence-corrected chi connectivity index (χ1v) is 15.6. The van der Waals surface area contributed by atoms with Crippen LogP contribution in [0.5, 0.6) is 0 Å². The van der Waals surface area contributed by atoms with Gasteiger partial charge in [0.2, 0.25) is 0 Å². The summed E-state index contributed by atoms with van der Waals surface area (Å²) in [6, 6.07) is 0. The van der Waals surface area contributed by atoms with Crippen LogP contribution in [0.2, 0.25) is 0 Å². The Balaban J connectivity index is 3.02. The summed E-state index contributed by atoms with van der Waals surface area (Å²) >= 11 is 0. The maximum atomic E-state index is 2.42. The van der Waals surface area contributed by atoms with E-state index in [4.69, 9.17) is 0 Å². The Morgan fingerprint density at radius 3 is 0.719 bits per heavy atom. The van der Waals surface area contributed by atoms with Crippen molar-refractivity contribution in [2.75, 3.05) is 0 Å². The highest BCUT2D eigenvalue weighted by Gasteiger charge is 1.96. The van der Waals surface area contributed by atoms with Crippen LogP contribution in [-0.4, -0.2) is 0 Å². The number of unbranched alkanes of at least 4 members (excludes halogenated alkanes) is 26. The van der Waals surface area contributed by atoms with Crippen molar-refractivity contribution in [1.29, 1.82) is 0 Å². The molecule has 0 aliphatic carbocycles. The fraction of sp³-hybridized carbons (Fsp3) is 0.938. The first kappa shape index (κ1) is 31.7. The zero-order chi connectivity index (χ0) is 23.2. The highest BCUT2D eigenvalue weighted by Crippen LogP contribution is 2.15. The monoisotopic (exact) mass is 449 g/mol. The van der Waals surface area contributed by atoms with Gasteiger partial charge in [-0.3, -0.25) is 0 Å². The van der Waals surface area contributed by atoms with Crippen molar-refractivity contribution >= 4 is 0 Å². The third kappa shape index (κ3) is 29.7. The van der Waals surface area contributed by atoms with Crippen LogP contribution in [0.1, 0.15) is 194 Å². The summed E-state index contributed by atoms with van der Waals surface area (Å²) in [4.78, 5) is 0. The van der Waals surface area contributed by atoms with Gasteiger partial charge < -0.3 is 0 Å². The molecule has 0 aliphatic rings. The van der Waals surface area contributed by atoms with Crippen LogP contribution in [-0.2, 0) is 0 Å². The quantitative estimate of drug-likeness (QED) is 0.0824. The average Bonchev–Trinajstić information content (AvgIpc) is 2.81. The first-order valence-electron chi connectivity index (χ1n) is 15.6. The Labute approximate surface area is 205 Å². The Bertz CT molecular complexity index is 329. The van der Waals surface area contributed by atoms with Gasteiger partial charge >= 0.3 is 0 Å². The molecule has 0 heteroatoms. The summed E-state index contributed by atoms with van der Waals surface area (Å²) in [5, 5.41) is 0. The topological polar surface area (TPSA) is 0 Å². The predicted octanol–water partition coefficient (Wildman–Crippen LogP) is 12.5. The molecular formula is C32H64. The van der Waals surface area contributed by atoms with Gasteiger partial charge in [0.1, 0.15) is 0 Å². The van der Waals surface area contributed by atoms with E-state index in [1.54, 1.807) is 0 Å². The minimum Gasteiger partial charge on any atom is -0.0885 e. The van der Waals surface area contributed by atoms with Gasteiger partial charge in [-0.05, 0) is 25.7 Å². The van der Waals surface area contributed by atoms with Crippen molar-refractivity contribution in [3.63, 3.8) is 0 Å². The lowest BCUT2D eigenvalue weighted by Gasteiger charge is -2.04. The van der Waals surface area contributed by atoms with Crippen LogP contribution in [0.25, 0.3) is 0 Å². The van der Waals surface area contributed by atoms with Gasteiger partial charge in [0, 0.05) is 0 Å². The molecule has 0 saturated heterocycles. The van der Waals surface area contributed by atoms with E-state index in [0.29, 0.717) is 0 Å². The smallest absolute Gasteiger partial charge is 0.0351 e. The molecule has 0 spiro atoms. The van der Waals surface area contributed by atoms with Crippen LogP contribution < -0.4 is 0 Å². The maximum absolute atomic E-state index is 2.42. The first-order chi connectivity index (χ1) is 15.9. The Hall–Kier alpha value is -0.260. The summed E-state index contributed by atoms with van der Waals surface area (Å²) < 4.78 is 0. The van der Waals surface area contributed by atoms with Crippen LogP contribution in [0.15, 0.2) is 12.2 Å². The lowest BCUT2D eigenvalue weighted by Crippen LogP contribution is -1.84. The molecule has 0 fully saturated rings. The Morgan fingerprint density at radius 2 is 0.438 bits per heavy atom. The van der Waals surface area contributed by atoms with Crippen molar-refractivity contribution < 1.29 is 0 Å². The van der Waals surface area contributed by atoms with E-state index in [1.165, 1.54) is 180 Å². The second-order valence-electron chi connectivity index (χ2n) is 10.5. The molecule has 0 N–H and O–H groups in total. The predicted molar refractivity (Wildman–Crippen MR) is 150 cm³/mol. The van der Waals surface area contributed by atoms with Crippen LogP contribution in [0.3, 0.4) is 0 Å². The number of allylic oxidation sites excluding steroid dienone is 2. The van der Waals surface area contributed by atoms with Gasteiger partial charge in [0.15, 0.2) is 0 Å². The van der Waals surface area contributed by atoms with Gasteiger partial charge in [-0.25, -0.2) is 0 Å². The number of hydrogen-bond donors (Lipinski definition) is 0. The summed E-state index contributed by atoms with van der Waals surface area (Å²) in [5.74, 6) is 0. The van der Waals surface area contributed by atoms with Crippen LogP contribution in [0, 0.1) is 0 Å². The molecule has 0 aromatic carbocycles. The molecule has 192 valence electrons. The summed E-state index contributed by atoms with van der Waals surface area (Å²) in [6.45, 7) is 4.59. The van der Waals surface area contributed by atoms with Gasteiger partial charge in [-0.1, -0.05) is 180 Å². The number of rotatable bonds is 28. The minimum absolute atomic E-state index is 1.30. The van der Waals surface area contributed by atoms with Gasteiger partial charge in [-0.15, -0.1) is 0 Å². The molecule has 32 heavy (non-hydrogen) atoms. The van der Waals surface area contributed by atoms with E-state index in [2.05, 4.69) is 26.0 Å². The standard InChI is InChI=1S/C32H64/c1-3-5-7-9-11-13-15-17-19-21-23-25-27-29-31-32-30-28-26-24-22-20-18-16-14-12-10-8-6-4-2/h11,13H,3-10,12,14-32H2,1-2H3. The minimum atomic E-state index is 1.30. The van der Waals surface area contributed by atoms with E-state index in [0.717, 1.165) is 0 Å². The van der Waals surface area contributed by atoms with Crippen LogP contribution >= 0.6 is 0 Å². The number of hydrogen-bond acceptors (Lipinski definition) is 0. The molecule has 0 unspecified atom stereocenters. The second-order valence-corrected chi connectivity index (χ2v) is 10.5. The van der Waals surface area contributed by atoms with E-state index < -0.39 is 0 Å². The molecule has 0 nitrogen and oxygen atoms in total. The molecule has 0 saturated carbocycles. The van der Waals surface area contributed by atoms with Crippen molar-refractivity contribution in [3.8, 4) is 0 Å². The van der Waals surface area contributed by atoms with E-state index >= 15 is 0 Å². The molecule has 0 aromatic heterocycles. The average molecular weight is 449 g/mol. The fourth-order valence-electron chi connectivity index (χ4n) is 4.80. The fourth-order valence-corrected chi connectivity index (χ4v) is 4.80. The van der Waals surface area contributed by atoms with Crippen molar-refractivity contribution in [2.45, 2.75) is 194 Å². The molecule has 0 bridgehead atoms. The van der Waals surface area contributed by atoms with Crippen molar-refractivity contribution in [3.05, 3.63) is 12.2 Å². The van der Waals surface area contributed by atoms with Gasteiger partial charge in [0.05, 0.1) is 0 Å². The molecule has 0 amide bonds. The summed E-state index contributed by atoms with van der Waals surface area (Å²) in [5.41, 5.74) is 0. The summed E-state index contributed by atoms with van der Waals surface area (Å²) in [6.07, 6.45) is 45.4. The van der Waals surface area contributed by atoms with Gasteiger partial charge in [0.25, 0.3) is 0 Å². The van der Waals surface area contributed by atoms with E-state index in [9.17, 15) is 0 Å². The Kier molecular flexibility index (Phi) is 30.5. The lowest BCUT2D eigenvalue weighted by molar-refractivity contribution is 0.518. The zero-order valence-electron chi connectivity index (χ0n) is 23.0. The largest absolute Gasteiger partial charge is 0.0885 e. The van der Waals surface area contributed by atoms with Crippen LogP contribution in [0.4, 0.5) is 0 Å². The highest BCUT2D eigenvalue weighted by molar-refractivity contribution is 4.81.